The van der Waals surface area contributed by atoms with Gasteiger partial charge in [0.05, 0.1) is 7.05 Å². The third-order valence-corrected chi connectivity index (χ3v) is 6.54. The number of halogens is 1. The second-order valence-electron chi connectivity index (χ2n) is 8.69. The number of quaternary nitrogens is 1. The lowest BCUT2D eigenvalue weighted by atomic mass is 9.53. The number of carbonyl (C=O) groups excluding carboxylic acids is 1. The molecule has 4 fully saturated rings. The smallest absolute Gasteiger partial charge is 0.275 e. The third-order valence-electron chi connectivity index (χ3n) is 6.30. The molecule has 130 valence electrons. The second-order valence-corrected chi connectivity index (χ2v) is 9.12. The van der Waals surface area contributed by atoms with E-state index in [1.807, 2.05) is 18.2 Å². The Bertz CT molecular complexity index is 595. The van der Waals surface area contributed by atoms with Crippen molar-refractivity contribution in [2.24, 2.45) is 17.8 Å². The lowest BCUT2D eigenvalue weighted by Gasteiger charge is -2.56. The van der Waals surface area contributed by atoms with E-state index >= 15 is 0 Å². The summed E-state index contributed by atoms with van der Waals surface area (Å²) in [5, 5.41) is 4.23. The molecular formula is C20H28ClN2O+. The minimum Gasteiger partial charge on any atom is -0.346 e. The molecule has 1 aromatic carbocycles. The molecule has 0 aromatic heterocycles. The summed E-state index contributed by atoms with van der Waals surface area (Å²) in [5.74, 6) is 2.82. The second kappa shape index (κ2) is 6.34. The molecule has 2 N–H and O–H groups in total. The van der Waals surface area contributed by atoms with E-state index in [4.69, 9.17) is 11.6 Å². The first kappa shape index (κ1) is 16.4. The van der Waals surface area contributed by atoms with Crippen LogP contribution in [-0.4, -0.2) is 25.0 Å². The van der Waals surface area contributed by atoms with E-state index in [1.54, 1.807) is 0 Å². The monoisotopic (exact) mass is 347 g/mol. The van der Waals surface area contributed by atoms with Crippen molar-refractivity contribution in [3.05, 3.63) is 34.9 Å². The van der Waals surface area contributed by atoms with Gasteiger partial charge in [-0.1, -0.05) is 23.7 Å². The van der Waals surface area contributed by atoms with E-state index in [0.717, 1.165) is 29.3 Å². The van der Waals surface area contributed by atoms with E-state index in [0.29, 0.717) is 6.54 Å². The van der Waals surface area contributed by atoms with Crippen LogP contribution in [0.5, 0.6) is 0 Å². The van der Waals surface area contributed by atoms with Gasteiger partial charge in [0, 0.05) is 16.1 Å². The van der Waals surface area contributed by atoms with Crippen molar-refractivity contribution in [3.8, 4) is 0 Å². The highest BCUT2D eigenvalue weighted by Crippen LogP contribution is 2.55. The van der Waals surface area contributed by atoms with Crippen LogP contribution in [0.1, 0.15) is 44.1 Å². The molecule has 0 saturated heterocycles. The maximum atomic E-state index is 12.6. The molecule has 4 aliphatic carbocycles. The summed E-state index contributed by atoms with van der Waals surface area (Å²) in [6.45, 7) is 1.36. The number of likely N-dealkylation sites (N-methyl/N-ethyl adjacent to an activating group) is 1. The van der Waals surface area contributed by atoms with Crippen LogP contribution in [-0.2, 0) is 11.3 Å². The van der Waals surface area contributed by atoms with Gasteiger partial charge >= 0.3 is 0 Å². The van der Waals surface area contributed by atoms with Gasteiger partial charge < -0.3 is 10.2 Å². The Kier molecular flexibility index (Phi) is 4.34. The zero-order valence-corrected chi connectivity index (χ0v) is 15.2. The fraction of sp³-hybridized carbons (Fsp3) is 0.650. The van der Waals surface area contributed by atoms with E-state index < -0.39 is 0 Å². The van der Waals surface area contributed by atoms with E-state index in [2.05, 4.69) is 18.4 Å². The minimum atomic E-state index is 0.127. The molecule has 5 rings (SSSR count). The van der Waals surface area contributed by atoms with Crippen LogP contribution in [0.3, 0.4) is 0 Å². The Morgan fingerprint density at radius 3 is 2.42 bits per heavy atom. The zero-order chi connectivity index (χ0) is 16.7. The average molecular weight is 348 g/mol. The number of benzene rings is 1. The number of nitrogens with one attached hydrogen (secondary N) is 2. The molecule has 24 heavy (non-hydrogen) atoms. The van der Waals surface area contributed by atoms with Crippen molar-refractivity contribution in [1.82, 2.24) is 5.32 Å². The summed E-state index contributed by atoms with van der Waals surface area (Å²) in [7, 11) is 2.08. The molecule has 0 radical (unpaired) electrons. The highest BCUT2D eigenvalue weighted by molar-refractivity contribution is 6.30. The van der Waals surface area contributed by atoms with Crippen molar-refractivity contribution in [1.29, 1.82) is 0 Å². The maximum Gasteiger partial charge on any atom is 0.275 e. The maximum absolute atomic E-state index is 12.6. The predicted molar refractivity (Wildman–Crippen MR) is 96.0 cm³/mol. The quantitative estimate of drug-likeness (QED) is 0.842. The molecule has 4 saturated carbocycles. The number of amides is 1. The molecule has 0 spiro atoms. The van der Waals surface area contributed by atoms with E-state index in [1.165, 1.54) is 49.0 Å². The Hall–Kier alpha value is -1.06. The SMILES string of the molecule is C[NH+](CC(=O)NC12CC3CC(CC(C3)C1)C2)Cc1cccc(Cl)c1. The third kappa shape index (κ3) is 3.48. The van der Waals surface area contributed by atoms with Crippen molar-refractivity contribution in [2.45, 2.75) is 50.6 Å². The van der Waals surface area contributed by atoms with Crippen LogP contribution in [0, 0.1) is 17.8 Å². The largest absolute Gasteiger partial charge is 0.346 e. The Balaban J connectivity index is 1.33. The van der Waals surface area contributed by atoms with Gasteiger partial charge in [-0.05, 0) is 68.4 Å². The standard InChI is InChI=1S/C20H27ClN2O/c1-23(12-14-3-2-4-18(21)8-14)13-19(24)22-20-9-15-5-16(10-20)7-17(6-15)11-20/h2-4,8,15-17H,5-7,9-13H2,1H3,(H,22,24)/p+1. The van der Waals surface area contributed by atoms with Gasteiger partial charge in [0.25, 0.3) is 5.91 Å². The molecule has 1 unspecified atom stereocenters. The summed E-state index contributed by atoms with van der Waals surface area (Å²) in [6.07, 6.45) is 7.90. The van der Waals surface area contributed by atoms with Crippen LogP contribution >= 0.6 is 11.6 Å². The fourth-order valence-corrected chi connectivity index (χ4v) is 6.15. The lowest BCUT2D eigenvalue weighted by molar-refractivity contribution is -0.885. The van der Waals surface area contributed by atoms with Gasteiger partial charge in [0.1, 0.15) is 6.54 Å². The normalized spacial score (nSPS) is 35.0. The molecule has 1 atom stereocenters. The first-order valence-corrected chi connectivity index (χ1v) is 9.74. The Morgan fingerprint density at radius 2 is 1.83 bits per heavy atom. The Morgan fingerprint density at radius 1 is 1.21 bits per heavy atom. The molecular weight excluding hydrogens is 320 g/mol. The summed E-state index contributed by atoms with van der Waals surface area (Å²) in [6, 6.07) is 7.93. The molecule has 4 bridgehead atoms. The van der Waals surface area contributed by atoms with Crippen LogP contribution in [0.4, 0.5) is 0 Å². The lowest BCUT2D eigenvalue weighted by Crippen LogP contribution is -3.09. The zero-order valence-electron chi connectivity index (χ0n) is 14.5. The van der Waals surface area contributed by atoms with Crippen molar-refractivity contribution in [3.63, 3.8) is 0 Å². The van der Waals surface area contributed by atoms with Gasteiger partial charge in [-0.2, -0.15) is 0 Å². The number of hydrogen-bond acceptors (Lipinski definition) is 1. The summed E-state index contributed by atoms with van der Waals surface area (Å²) in [4.78, 5) is 13.8. The number of hydrogen-bond donors (Lipinski definition) is 2. The van der Waals surface area contributed by atoms with E-state index in [9.17, 15) is 4.79 Å². The first-order chi connectivity index (χ1) is 11.5. The molecule has 4 heteroatoms. The van der Waals surface area contributed by atoms with Gasteiger partial charge in [-0.15, -0.1) is 0 Å². The van der Waals surface area contributed by atoms with Crippen LogP contribution < -0.4 is 10.2 Å². The molecule has 0 heterocycles. The molecule has 4 aliphatic rings. The van der Waals surface area contributed by atoms with Gasteiger partial charge in [0.2, 0.25) is 0 Å². The summed E-state index contributed by atoms with van der Waals surface area (Å²) in [5.41, 5.74) is 1.31. The predicted octanol–water partition coefficient (Wildman–Crippen LogP) is 2.44. The molecule has 3 nitrogen and oxygen atoms in total. The fourth-order valence-electron chi connectivity index (χ4n) is 5.94. The molecule has 1 amide bonds. The van der Waals surface area contributed by atoms with Gasteiger partial charge in [-0.25, -0.2) is 0 Å². The highest BCUT2D eigenvalue weighted by Gasteiger charge is 2.51. The number of rotatable bonds is 5. The first-order valence-electron chi connectivity index (χ1n) is 9.36. The van der Waals surface area contributed by atoms with Gasteiger partial charge in [0.15, 0.2) is 6.54 Å². The van der Waals surface area contributed by atoms with Crippen LogP contribution in [0.15, 0.2) is 24.3 Å². The summed E-state index contributed by atoms with van der Waals surface area (Å²) < 4.78 is 0. The number of carbonyl (C=O) groups is 1. The van der Waals surface area contributed by atoms with Gasteiger partial charge in [-0.3, -0.25) is 4.79 Å². The van der Waals surface area contributed by atoms with Crippen LogP contribution in [0.25, 0.3) is 0 Å². The highest BCUT2D eigenvalue weighted by atomic mass is 35.5. The summed E-state index contributed by atoms with van der Waals surface area (Å²) >= 11 is 6.05. The minimum absolute atomic E-state index is 0.127. The van der Waals surface area contributed by atoms with Crippen molar-refractivity contribution in [2.75, 3.05) is 13.6 Å². The molecule has 1 aromatic rings. The average Bonchev–Trinajstić information content (AvgIpc) is 2.44. The van der Waals surface area contributed by atoms with Crippen molar-refractivity contribution < 1.29 is 9.69 Å². The molecule has 0 aliphatic heterocycles. The van der Waals surface area contributed by atoms with Crippen LogP contribution in [0.2, 0.25) is 5.02 Å². The Labute approximate surface area is 149 Å². The van der Waals surface area contributed by atoms with Crippen molar-refractivity contribution >= 4 is 17.5 Å². The van der Waals surface area contributed by atoms with E-state index in [-0.39, 0.29) is 11.4 Å². The topological polar surface area (TPSA) is 33.5 Å².